The van der Waals surface area contributed by atoms with Gasteiger partial charge >= 0.3 is 0 Å². The second kappa shape index (κ2) is 3.84. The predicted molar refractivity (Wildman–Crippen MR) is 80.3 cm³/mol. The molecule has 0 saturated carbocycles. The predicted octanol–water partition coefficient (Wildman–Crippen LogP) is 4.97. The first-order valence-corrected chi connectivity index (χ1v) is 7.17. The highest BCUT2D eigenvalue weighted by Crippen LogP contribution is 2.55. The zero-order chi connectivity index (χ0) is 13.0. The minimum absolute atomic E-state index is 0.529. The van der Waals surface area contributed by atoms with Gasteiger partial charge in [-0.15, -0.1) is 0 Å². The summed E-state index contributed by atoms with van der Waals surface area (Å²) in [7, 11) is 0. The maximum absolute atomic E-state index is 2.41. The van der Waals surface area contributed by atoms with Crippen LogP contribution in [-0.4, -0.2) is 0 Å². The second-order valence-corrected chi connectivity index (χ2v) is 6.04. The van der Waals surface area contributed by atoms with Crippen molar-refractivity contribution in [3.8, 4) is 0 Å². The number of rotatable bonds is 1. The molecular formula is C19H18. The van der Waals surface area contributed by atoms with E-state index in [4.69, 9.17) is 0 Å². The van der Waals surface area contributed by atoms with Gasteiger partial charge in [-0.25, -0.2) is 0 Å². The molecule has 0 aliphatic heterocycles. The average Bonchev–Trinajstić information content (AvgIpc) is 3.19. The van der Waals surface area contributed by atoms with Crippen LogP contribution in [0, 0.1) is 5.92 Å². The van der Waals surface area contributed by atoms with Gasteiger partial charge in [-0.2, -0.15) is 0 Å². The molecule has 2 aromatic rings. The van der Waals surface area contributed by atoms with Crippen molar-refractivity contribution in [3.05, 3.63) is 76.9 Å². The Morgan fingerprint density at radius 2 is 1.42 bits per heavy atom. The van der Waals surface area contributed by atoms with E-state index < -0.39 is 0 Å². The summed E-state index contributed by atoms with van der Waals surface area (Å²) in [6, 6.07) is 18.0. The molecule has 0 amide bonds. The highest BCUT2D eigenvalue weighted by atomic mass is 14.4. The molecule has 2 unspecified atom stereocenters. The van der Waals surface area contributed by atoms with Crippen LogP contribution in [-0.2, 0) is 0 Å². The fourth-order valence-electron chi connectivity index (χ4n) is 3.64. The maximum atomic E-state index is 2.41. The van der Waals surface area contributed by atoms with Crippen molar-refractivity contribution >= 4 is 5.57 Å². The topological polar surface area (TPSA) is 0 Å². The second-order valence-electron chi connectivity index (χ2n) is 6.04. The molecule has 0 spiro atoms. The molecule has 19 heavy (non-hydrogen) atoms. The van der Waals surface area contributed by atoms with Crippen molar-refractivity contribution in [2.75, 3.05) is 0 Å². The molecule has 0 fully saturated rings. The molecule has 0 nitrogen and oxygen atoms in total. The van der Waals surface area contributed by atoms with Crippen molar-refractivity contribution < 1.29 is 0 Å². The first kappa shape index (κ1) is 11.0. The van der Waals surface area contributed by atoms with Crippen molar-refractivity contribution in [2.45, 2.75) is 25.7 Å². The van der Waals surface area contributed by atoms with Crippen LogP contribution in [0.3, 0.4) is 0 Å². The summed E-state index contributed by atoms with van der Waals surface area (Å²) < 4.78 is 0. The van der Waals surface area contributed by atoms with Gasteiger partial charge in [0.2, 0.25) is 0 Å². The molecule has 2 atom stereocenters. The normalized spacial score (nSPS) is 23.0. The smallest absolute Gasteiger partial charge is 0.0281 e. The first-order valence-electron chi connectivity index (χ1n) is 7.17. The van der Waals surface area contributed by atoms with Gasteiger partial charge in [-0.3, -0.25) is 0 Å². The van der Waals surface area contributed by atoms with Gasteiger partial charge in [0.1, 0.15) is 0 Å². The van der Waals surface area contributed by atoms with E-state index in [0.717, 1.165) is 0 Å². The van der Waals surface area contributed by atoms with E-state index in [-0.39, 0.29) is 0 Å². The van der Waals surface area contributed by atoms with Crippen LogP contribution in [0.1, 0.15) is 47.9 Å². The Hall–Kier alpha value is -1.82. The van der Waals surface area contributed by atoms with Crippen molar-refractivity contribution in [1.82, 2.24) is 0 Å². The Morgan fingerprint density at radius 3 is 2.16 bits per heavy atom. The van der Waals surface area contributed by atoms with Gasteiger partial charge < -0.3 is 0 Å². The van der Waals surface area contributed by atoms with E-state index >= 15 is 0 Å². The van der Waals surface area contributed by atoms with Crippen LogP contribution in [0.4, 0.5) is 0 Å². The van der Waals surface area contributed by atoms with E-state index in [1.54, 1.807) is 0 Å². The molecule has 2 aromatic carbocycles. The zero-order valence-corrected chi connectivity index (χ0v) is 11.4. The minimum atomic E-state index is 0.529. The lowest BCUT2D eigenvalue weighted by atomic mass is 9.80. The van der Waals surface area contributed by atoms with Gasteiger partial charge in [0, 0.05) is 11.8 Å². The van der Waals surface area contributed by atoms with Crippen LogP contribution in [0.5, 0.6) is 0 Å². The Morgan fingerprint density at radius 1 is 0.789 bits per heavy atom. The summed E-state index contributed by atoms with van der Waals surface area (Å²) in [6.07, 6.45) is 2.41. The van der Waals surface area contributed by atoms with Crippen LogP contribution >= 0.6 is 0 Å². The number of hydrogen-bond acceptors (Lipinski definition) is 0. The molecular weight excluding hydrogens is 228 g/mol. The highest BCUT2D eigenvalue weighted by Gasteiger charge is 2.37. The Bertz CT molecular complexity index is 676. The zero-order valence-electron chi connectivity index (χ0n) is 11.4. The quantitative estimate of drug-likeness (QED) is 0.666. The van der Waals surface area contributed by atoms with Gasteiger partial charge in [0.25, 0.3) is 0 Å². The molecule has 0 heteroatoms. The summed E-state index contributed by atoms with van der Waals surface area (Å²) >= 11 is 0. The average molecular weight is 246 g/mol. The number of fused-ring (bicyclic) bond motifs is 5. The molecule has 0 heterocycles. The highest BCUT2D eigenvalue weighted by molar-refractivity contribution is 5.89. The lowest BCUT2D eigenvalue weighted by molar-refractivity contribution is 0.561. The monoisotopic (exact) mass is 246 g/mol. The lowest BCUT2D eigenvalue weighted by Gasteiger charge is -2.24. The van der Waals surface area contributed by atoms with Crippen LogP contribution in [0.25, 0.3) is 5.57 Å². The molecule has 4 rings (SSSR count). The fourth-order valence-corrected chi connectivity index (χ4v) is 3.64. The summed E-state index contributed by atoms with van der Waals surface area (Å²) in [5, 5.41) is 0. The Kier molecular flexibility index (Phi) is 2.23. The molecule has 94 valence electrons. The van der Waals surface area contributed by atoms with E-state index in [9.17, 15) is 0 Å². The maximum Gasteiger partial charge on any atom is 0.0281 e. The fraction of sp³-hybridized carbons (Fsp3) is 0.263. The molecule has 0 saturated heterocycles. The number of benzene rings is 2. The molecule has 0 aromatic heterocycles. The molecule has 0 bridgehead atoms. The van der Waals surface area contributed by atoms with Crippen LogP contribution < -0.4 is 0 Å². The van der Waals surface area contributed by atoms with Gasteiger partial charge in [0.15, 0.2) is 0 Å². The van der Waals surface area contributed by atoms with Gasteiger partial charge in [-0.1, -0.05) is 68.5 Å². The Labute approximate surface area is 114 Å². The minimum Gasteiger partial charge on any atom is -0.0678 e. The number of hydrogen-bond donors (Lipinski definition) is 0. The first-order chi connectivity index (χ1) is 9.27. The summed E-state index contributed by atoms with van der Waals surface area (Å²) in [5.41, 5.74) is 7.57. The van der Waals surface area contributed by atoms with Crippen LogP contribution in [0.15, 0.2) is 54.6 Å². The SMILES string of the molecule is CC(C)C1c2ccccc2C2=CC2c2ccccc21. The molecule has 2 aliphatic carbocycles. The van der Waals surface area contributed by atoms with E-state index in [0.29, 0.717) is 17.8 Å². The third-order valence-corrected chi connectivity index (χ3v) is 4.51. The van der Waals surface area contributed by atoms with E-state index in [1.165, 1.54) is 27.8 Å². The van der Waals surface area contributed by atoms with E-state index in [2.05, 4.69) is 68.5 Å². The summed E-state index contributed by atoms with van der Waals surface area (Å²) in [4.78, 5) is 0. The molecule has 2 aliphatic rings. The van der Waals surface area contributed by atoms with E-state index in [1.807, 2.05) is 0 Å². The number of allylic oxidation sites excluding steroid dienone is 2. The van der Waals surface area contributed by atoms with Gasteiger partial charge in [0.05, 0.1) is 0 Å². The summed E-state index contributed by atoms with van der Waals surface area (Å²) in [6.45, 7) is 4.67. The lowest BCUT2D eigenvalue weighted by Crippen LogP contribution is -2.10. The molecule has 0 radical (unpaired) electrons. The third-order valence-electron chi connectivity index (χ3n) is 4.51. The van der Waals surface area contributed by atoms with Crippen molar-refractivity contribution in [2.24, 2.45) is 5.92 Å². The largest absolute Gasteiger partial charge is 0.0678 e. The van der Waals surface area contributed by atoms with Crippen molar-refractivity contribution in [1.29, 1.82) is 0 Å². The Balaban J connectivity index is 2.01. The standard InChI is InChI=1S/C19H18/c1-12(2)19-15-9-5-3-7-13(15)17-11-18(17)14-8-4-6-10-16(14)19/h3-12,17,19H,1-2H3. The van der Waals surface area contributed by atoms with Crippen LogP contribution in [0.2, 0.25) is 0 Å². The molecule has 0 N–H and O–H groups in total. The van der Waals surface area contributed by atoms with Gasteiger partial charge in [-0.05, 0) is 33.7 Å². The summed E-state index contributed by atoms with van der Waals surface area (Å²) in [5.74, 6) is 1.72. The van der Waals surface area contributed by atoms with Crippen molar-refractivity contribution in [3.63, 3.8) is 0 Å². The third kappa shape index (κ3) is 1.53.